The van der Waals surface area contributed by atoms with Gasteiger partial charge in [-0.15, -0.1) is 0 Å². The van der Waals surface area contributed by atoms with E-state index in [9.17, 15) is 19.5 Å². The van der Waals surface area contributed by atoms with E-state index >= 15 is 0 Å². The SMILES string of the molecule is CC(C)(S)C(NC(=O)C(=O)c1c[nH]c2ccc(Cl)cc12)C(=O)O. The van der Waals surface area contributed by atoms with Crippen molar-refractivity contribution in [3.8, 4) is 0 Å². The summed E-state index contributed by atoms with van der Waals surface area (Å²) in [6.45, 7) is 3.07. The van der Waals surface area contributed by atoms with Crippen LogP contribution < -0.4 is 5.32 Å². The number of carboxylic acid groups (broad SMARTS) is 1. The van der Waals surface area contributed by atoms with E-state index in [2.05, 4.69) is 22.9 Å². The topological polar surface area (TPSA) is 99.3 Å². The number of hydrogen-bond acceptors (Lipinski definition) is 4. The molecule has 1 heterocycles. The Balaban J connectivity index is 2.30. The zero-order chi connectivity index (χ0) is 17.4. The van der Waals surface area contributed by atoms with E-state index in [1.165, 1.54) is 20.0 Å². The number of carboxylic acids is 1. The number of nitrogens with one attached hydrogen (secondary N) is 2. The fraction of sp³-hybridized carbons (Fsp3) is 0.267. The first-order chi connectivity index (χ1) is 10.6. The molecule has 23 heavy (non-hydrogen) atoms. The molecule has 1 unspecified atom stereocenters. The lowest BCUT2D eigenvalue weighted by molar-refractivity contribution is -0.141. The summed E-state index contributed by atoms with van der Waals surface area (Å²) >= 11 is 10.1. The van der Waals surface area contributed by atoms with Gasteiger partial charge in [-0.2, -0.15) is 12.6 Å². The molecule has 3 N–H and O–H groups in total. The molecule has 0 aliphatic heterocycles. The van der Waals surface area contributed by atoms with Gasteiger partial charge in [0, 0.05) is 26.9 Å². The molecule has 0 bridgehead atoms. The van der Waals surface area contributed by atoms with Crippen LogP contribution in [0.2, 0.25) is 5.02 Å². The van der Waals surface area contributed by atoms with Crippen molar-refractivity contribution in [1.82, 2.24) is 10.3 Å². The van der Waals surface area contributed by atoms with Crippen molar-refractivity contribution in [2.75, 3.05) is 0 Å². The number of thiol groups is 1. The lowest BCUT2D eigenvalue weighted by atomic mass is 10.0. The van der Waals surface area contributed by atoms with Crippen LogP contribution in [-0.2, 0) is 9.59 Å². The number of carbonyl (C=O) groups excluding carboxylic acids is 2. The fourth-order valence-electron chi connectivity index (χ4n) is 2.14. The number of hydrogen-bond donors (Lipinski definition) is 4. The Bertz CT molecular complexity index is 794. The van der Waals surface area contributed by atoms with Gasteiger partial charge in [-0.25, -0.2) is 4.79 Å². The second-order valence-electron chi connectivity index (χ2n) is 5.62. The molecule has 1 amide bonds. The summed E-state index contributed by atoms with van der Waals surface area (Å²) in [5.41, 5.74) is 0.774. The van der Waals surface area contributed by atoms with Crippen LogP contribution in [0.25, 0.3) is 10.9 Å². The van der Waals surface area contributed by atoms with Crippen LogP contribution in [0.15, 0.2) is 24.4 Å². The summed E-state index contributed by atoms with van der Waals surface area (Å²) in [6.07, 6.45) is 1.39. The summed E-state index contributed by atoms with van der Waals surface area (Å²) < 4.78 is -1.04. The highest BCUT2D eigenvalue weighted by atomic mass is 35.5. The summed E-state index contributed by atoms with van der Waals surface area (Å²) in [7, 11) is 0. The summed E-state index contributed by atoms with van der Waals surface area (Å²) in [4.78, 5) is 38.6. The minimum atomic E-state index is -1.31. The third-order valence-corrected chi connectivity index (χ3v) is 3.82. The first-order valence-corrected chi connectivity index (χ1v) is 7.51. The van der Waals surface area contributed by atoms with Crippen molar-refractivity contribution < 1.29 is 19.5 Å². The number of halogens is 1. The molecule has 0 saturated heterocycles. The molecule has 0 fully saturated rings. The van der Waals surface area contributed by atoms with E-state index < -0.39 is 28.4 Å². The van der Waals surface area contributed by atoms with E-state index in [4.69, 9.17) is 11.6 Å². The first kappa shape index (κ1) is 17.4. The molecule has 0 aliphatic rings. The molecule has 1 aromatic heterocycles. The van der Waals surface area contributed by atoms with E-state index in [0.29, 0.717) is 15.9 Å². The number of aromatic nitrogens is 1. The van der Waals surface area contributed by atoms with Crippen molar-refractivity contribution >= 4 is 52.8 Å². The van der Waals surface area contributed by atoms with Gasteiger partial charge < -0.3 is 15.4 Å². The summed E-state index contributed by atoms with van der Waals surface area (Å²) in [5, 5.41) is 12.3. The zero-order valence-corrected chi connectivity index (χ0v) is 14.0. The highest BCUT2D eigenvalue weighted by Gasteiger charge is 2.35. The number of H-pyrrole nitrogens is 1. The van der Waals surface area contributed by atoms with Crippen molar-refractivity contribution in [3.63, 3.8) is 0 Å². The molecule has 0 radical (unpaired) electrons. The van der Waals surface area contributed by atoms with Gasteiger partial charge >= 0.3 is 5.97 Å². The molecule has 2 aromatic rings. The Morgan fingerprint density at radius 1 is 1.35 bits per heavy atom. The van der Waals surface area contributed by atoms with E-state index in [1.807, 2.05) is 0 Å². The van der Waals surface area contributed by atoms with Gasteiger partial charge in [0.2, 0.25) is 0 Å². The van der Waals surface area contributed by atoms with Crippen molar-refractivity contribution in [1.29, 1.82) is 0 Å². The molecule has 122 valence electrons. The van der Waals surface area contributed by atoms with E-state index in [1.54, 1.807) is 18.2 Å². The number of rotatable bonds is 5. The predicted molar refractivity (Wildman–Crippen MR) is 90.3 cm³/mol. The average Bonchev–Trinajstić information content (AvgIpc) is 2.84. The highest BCUT2D eigenvalue weighted by molar-refractivity contribution is 7.81. The number of fused-ring (bicyclic) bond motifs is 1. The molecule has 0 aliphatic carbocycles. The average molecular weight is 355 g/mol. The lowest BCUT2D eigenvalue weighted by Crippen LogP contribution is -2.53. The van der Waals surface area contributed by atoms with Gasteiger partial charge in [-0.3, -0.25) is 9.59 Å². The van der Waals surface area contributed by atoms with Crippen LogP contribution in [0.5, 0.6) is 0 Å². The third kappa shape index (κ3) is 3.68. The maximum atomic E-state index is 12.3. The minimum Gasteiger partial charge on any atom is -0.480 e. The number of aliphatic carboxylic acids is 1. The number of carbonyl (C=O) groups is 3. The number of amides is 1. The zero-order valence-electron chi connectivity index (χ0n) is 12.4. The molecule has 0 saturated carbocycles. The van der Waals surface area contributed by atoms with Crippen LogP contribution in [0.4, 0.5) is 0 Å². The number of benzene rings is 1. The monoisotopic (exact) mass is 354 g/mol. The maximum absolute atomic E-state index is 12.3. The summed E-state index contributed by atoms with van der Waals surface area (Å²) in [5.74, 6) is -3.13. The van der Waals surface area contributed by atoms with Crippen LogP contribution in [-0.4, -0.2) is 38.5 Å². The second-order valence-corrected chi connectivity index (χ2v) is 7.21. The Hall–Kier alpha value is -1.99. The lowest BCUT2D eigenvalue weighted by Gasteiger charge is -2.26. The van der Waals surface area contributed by atoms with Crippen LogP contribution in [0.3, 0.4) is 0 Å². The number of aromatic amines is 1. The smallest absolute Gasteiger partial charge is 0.327 e. The van der Waals surface area contributed by atoms with Gasteiger partial charge in [0.15, 0.2) is 0 Å². The first-order valence-electron chi connectivity index (χ1n) is 6.68. The predicted octanol–water partition coefficient (Wildman–Crippen LogP) is 2.28. The molecule has 2 rings (SSSR count). The van der Waals surface area contributed by atoms with Gasteiger partial charge in [0.1, 0.15) is 6.04 Å². The molecular formula is C15H15ClN2O4S. The second kappa shape index (κ2) is 6.25. The fourth-order valence-corrected chi connectivity index (χ4v) is 2.49. The van der Waals surface area contributed by atoms with Crippen LogP contribution in [0, 0.1) is 0 Å². The normalized spacial score (nSPS) is 12.9. The molecule has 1 aromatic carbocycles. The molecular weight excluding hydrogens is 340 g/mol. The molecule has 8 heteroatoms. The van der Waals surface area contributed by atoms with E-state index in [0.717, 1.165) is 0 Å². The standard InChI is InChI=1S/C15H15ClN2O4S/c1-15(2,23)12(14(21)22)18-13(20)11(19)9-6-17-10-4-3-7(16)5-8(9)10/h3-6,12,17,23H,1-2H3,(H,18,20)(H,21,22). The largest absolute Gasteiger partial charge is 0.480 e. The molecule has 0 spiro atoms. The van der Waals surface area contributed by atoms with Gasteiger partial charge in [0.05, 0.1) is 5.56 Å². The van der Waals surface area contributed by atoms with Crippen LogP contribution >= 0.6 is 24.2 Å². The summed E-state index contributed by atoms with van der Waals surface area (Å²) in [6, 6.07) is 3.59. The van der Waals surface area contributed by atoms with E-state index in [-0.39, 0.29) is 5.56 Å². The van der Waals surface area contributed by atoms with Crippen molar-refractivity contribution in [2.45, 2.75) is 24.6 Å². The maximum Gasteiger partial charge on any atom is 0.327 e. The Morgan fingerprint density at radius 2 is 2.00 bits per heavy atom. The van der Waals surface area contributed by atoms with Crippen LogP contribution in [0.1, 0.15) is 24.2 Å². The Morgan fingerprint density at radius 3 is 2.57 bits per heavy atom. The van der Waals surface area contributed by atoms with Crippen molar-refractivity contribution in [2.24, 2.45) is 0 Å². The van der Waals surface area contributed by atoms with Gasteiger partial charge in [-0.05, 0) is 32.0 Å². The van der Waals surface area contributed by atoms with Crippen molar-refractivity contribution in [3.05, 3.63) is 35.0 Å². The molecule has 1 atom stereocenters. The highest BCUT2D eigenvalue weighted by Crippen LogP contribution is 2.23. The Kier molecular flexibility index (Phi) is 4.72. The Labute approximate surface area is 142 Å². The quantitative estimate of drug-likeness (QED) is 0.376. The minimum absolute atomic E-state index is 0.126. The number of Topliss-reactive ketones (excluding diaryl/α,β-unsaturated/α-hetero) is 1. The number of ketones is 1. The van der Waals surface area contributed by atoms with Gasteiger partial charge in [-0.1, -0.05) is 11.6 Å². The molecule has 6 nitrogen and oxygen atoms in total. The van der Waals surface area contributed by atoms with Gasteiger partial charge in [0.25, 0.3) is 11.7 Å². The third-order valence-electron chi connectivity index (χ3n) is 3.32.